The van der Waals surface area contributed by atoms with Gasteiger partial charge in [-0.25, -0.2) is 0 Å². The van der Waals surface area contributed by atoms with Crippen LogP contribution in [0.25, 0.3) is 5.69 Å². The lowest BCUT2D eigenvalue weighted by molar-refractivity contribution is -0.115. The average Bonchev–Trinajstić information content (AvgIpc) is 3.22. The first-order valence-corrected chi connectivity index (χ1v) is 11.2. The summed E-state index contributed by atoms with van der Waals surface area (Å²) in [6.45, 7) is 9.18. The van der Waals surface area contributed by atoms with E-state index in [1.165, 1.54) is 17.3 Å². The Balaban J connectivity index is 1.40. The predicted octanol–water partition coefficient (Wildman–Crippen LogP) is 3.24. The molecule has 1 amide bonds. The van der Waals surface area contributed by atoms with E-state index in [9.17, 15) is 4.79 Å². The van der Waals surface area contributed by atoms with Crippen molar-refractivity contribution in [3.8, 4) is 5.69 Å². The number of hydrogen-bond donors (Lipinski definition) is 1. The van der Waals surface area contributed by atoms with Gasteiger partial charge in [-0.1, -0.05) is 29.5 Å². The van der Waals surface area contributed by atoms with E-state index in [4.69, 9.17) is 4.74 Å². The molecule has 2 aromatic carbocycles. The molecule has 0 bridgehead atoms. The molecule has 1 aliphatic rings. The van der Waals surface area contributed by atoms with Crippen molar-refractivity contribution >= 4 is 29.0 Å². The summed E-state index contributed by atoms with van der Waals surface area (Å²) in [6.07, 6.45) is 0. The summed E-state index contributed by atoms with van der Waals surface area (Å²) in [5, 5.41) is 15.2. The van der Waals surface area contributed by atoms with E-state index in [2.05, 4.69) is 31.8 Å². The third kappa shape index (κ3) is 5.05. The summed E-state index contributed by atoms with van der Waals surface area (Å²) < 4.78 is 7.08. The van der Waals surface area contributed by atoms with Crippen LogP contribution in [0.1, 0.15) is 18.1 Å². The lowest BCUT2D eigenvalue weighted by Crippen LogP contribution is -2.36. The van der Waals surface area contributed by atoms with Gasteiger partial charge in [0.25, 0.3) is 0 Å². The number of amides is 1. The van der Waals surface area contributed by atoms with Crippen LogP contribution < -0.4 is 10.2 Å². The van der Waals surface area contributed by atoms with E-state index < -0.39 is 0 Å². The van der Waals surface area contributed by atoms with Crippen LogP contribution in [0.2, 0.25) is 0 Å². The molecule has 0 unspecified atom stereocenters. The molecule has 1 aliphatic heterocycles. The second kappa shape index (κ2) is 9.49. The van der Waals surface area contributed by atoms with Crippen molar-refractivity contribution in [2.45, 2.75) is 31.2 Å². The summed E-state index contributed by atoms with van der Waals surface area (Å²) >= 11 is 1.33. The van der Waals surface area contributed by atoms with Crippen molar-refractivity contribution in [1.82, 2.24) is 20.2 Å². The van der Waals surface area contributed by atoms with Gasteiger partial charge >= 0.3 is 0 Å². The van der Waals surface area contributed by atoms with E-state index in [-0.39, 0.29) is 11.2 Å². The number of anilines is 2. The van der Waals surface area contributed by atoms with E-state index in [0.717, 1.165) is 48.9 Å². The summed E-state index contributed by atoms with van der Waals surface area (Å²) in [4.78, 5) is 15.0. The quantitative estimate of drug-likeness (QED) is 0.592. The van der Waals surface area contributed by atoms with Crippen LogP contribution in [0, 0.1) is 13.8 Å². The van der Waals surface area contributed by atoms with Crippen molar-refractivity contribution in [3.05, 3.63) is 53.6 Å². The van der Waals surface area contributed by atoms with Gasteiger partial charge < -0.3 is 15.0 Å². The second-order valence-electron chi connectivity index (χ2n) is 7.56. The first kappa shape index (κ1) is 21.3. The standard InChI is InChI=1S/C22H26N6O2S/c1-15-4-9-20(16(2)14-15)28-22(24-25-26-28)31-17(3)21(29)23-18-5-7-19(8-6-18)27-10-12-30-13-11-27/h4-9,14,17H,10-13H2,1-3H3,(H,23,29)/t17-/m0/s1. The molecule has 1 saturated heterocycles. The van der Waals surface area contributed by atoms with Crippen molar-refractivity contribution in [2.75, 3.05) is 36.5 Å². The average molecular weight is 439 g/mol. The van der Waals surface area contributed by atoms with Gasteiger partial charge in [0.1, 0.15) is 0 Å². The molecule has 1 aromatic heterocycles. The number of nitrogens with zero attached hydrogens (tertiary/aromatic N) is 5. The lowest BCUT2D eigenvalue weighted by atomic mass is 10.1. The Morgan fingerprint density at radius 3 is 2.58 bits per heavy atom. The number of morpholine rings is 1. The number of carbonyl (C=O) groups excluding carboxylic acids is 1. The van der Waals surface area contributed by atoms with Crippen LogP contribution in [0.5, 0.6) is 0 Å². The Morgan fingerprint density at radius 2 is 1.87 bits per heavy atom. The molecule has 8 nitrogen and oxygen atoms in total. The summed E-state index contributed by atoms with van der Waals surface area (Å²) in [7, 11) is 0. The molecule has 0 spiro atoms. The fraction of sp³-hybridized carbons (Fsp3) is 0.364. The second-order valence-corrected chi connectivity index (χ2v) is 8.87. The Bertz CT molecular complexity index is 1050. The maximum Gasteiger partial charge on any atom is 0.237 e. The number of aryl methyl sites for hydroxylation is 2. The van der Waals surface area contributed by atoms with Crippen molar-refractivity contribution in [3.63, 3.8) is 0 Å². The zero-order chi connectivity index (χ0) is 21.8. The minimum absolute atomic E-state index is 0.0979. The topological polar surface area (TPSA) is 85.2 Å². The fourth-order valence-corrected chi connectivity index (χ4v) is 4.28. The van der Waals surface area contributed by atoms with Crippen LogP contribution in [0.3, 0.4) is 0 Å². The molecule has 1 N–H and O–H groups in total. The predicted molar refractivity (Wildman–Crippen MR) is 122 cm³/mol. The Kier molecular flexibility index (Phi) is 6.53. The SMILES string of the molecule is Cc1ccc(-n2nnnc2S[C@@H](C)C(=O)Nc2ccc(N3CCOCC3)cc2)c(C)c1. The van der Waals surface area contributed by atoms with Gasteiger partial charge in [0, 0.05) is 24.5 Å². The molecule has 31 heavy (non-hydrogen) atoms. The maximum absolute atomic E-state index is 12.7. The summed E-state index contributed by atoms with van der Waals surface area (Å²) in [5.74, 6) is -0.0979. The third-order valence-electron chi connectivity index (χ3n) is 5.18. The minimum atomic E-state index is -0.366. The smallest absolute Gasteiger partial charge is 0.237 e. The molecule has 9 heteroatoms. The number of rotatable bonds is 6. The molecular weight excluding hydrogens is 412 g/mol. The first-order valence-electron chi connectivity index (χ1n) is 10.3. The van der Waals surface area contributed by atoms with E-state index in [1.54, 1.807) is 4.68 Å². The van der Waals surface area contributed by atoms with Gasteiger partial charge in [0.2, 0.25) is 11.1 Å². The molecule has 1 fully saturated rings. The number of tetrazole rings is 1. The Labute approximate surface area is 186 Å². The highest BCUT2D eigenvalue weighted by atomic mass is 32.2. The first-order chi connectivity index (χ1) is 15.0. The van der Waals surface area contributed by atoms with Crippen LogP contribution in [-0.4, -0.2) is 57.7 Å². The molecule has 0 aliphatic carbocycles. The van der Waals surface area contributed by atoms with Crippen LogP contribution in [-0.2, 0) is 9.53 Å². The monoisotopic (exact) mass is 438 g/mol. The summed E-state index contributed by atoms with van der Waals surface area (Å²) in [5.41, 5.74) is 5.06. The highest BCUT2D eigenvalue weighted by Gasteiger charge is 2.20. The molecule has 162 valence electrons. The molecule has 1 atom stereocenters. The minimum Gasteiger partial charge on any atom is -0.378 e. The van der Waals surface area contributed by atoms with Crippen molar-refractivity contribution < 1.29 is 9.53 Å². The van der Waals surface area contributed by atoms with Crippen LogP contribution >= 0.6 is 11.8 Å². The molecular formula is C22H26N6O2S. The zero-order valence-corrected chi connectivity index (χ0v) is 18.7. The number of hydrogen-bond acceptors (Lipinski definition) is 7. The van der Waals surface area contributed by atoms with E-state index in [1.807, 2.05) is 57.2 Å². The van der Waals surface area contributed by atoms with E-state index >= 15 is 0 Å². The Hall–Kier alpha value is -2.91. The van der Waals surface area contributed by atoms with Crippen LogP contribution in [0.4, 0.5) is 11.4 Å². The molecule has 2 heterocycles. The maximum atomic E-state index is 12.7. The van der Waals surface area contributed by atoms with Gasteiger partial charge in [-0.15, -0.1) is 5.10 Å². The van der Waals surface area contributed by atoms with Crippen molar-refractivity contribution in [1.29, 1.82) is 0 Å². The van der Waals surface area contributed by atoms with Gasteiger partial charge in [-0.05, 0) is 67.1 Å². The largest absolute Gasteiger partial charge is 0.378 e. The number of ether oxygens (including phenoxy) is 1. The fourth-order valence-electron chi connectivity index (χ4n) is 3.48. The van der Waals surface area contributed by atoms with Crippen molar-refractivity contribution in [2.24, 2.45) is 0 Å². The highest BCUT2D eigenvalue weighted by Crippen LogP contribution is 2.26. The third-order valence-corrected chi connectivity index (χ3v) is 6.22. The Morgan fingerprint density at radius 1 is 1.13 bits per heavy atom. The number of thioether (sulfide) groups is 1. The number of carbonyl (C=O) groups is 1. The zero-order valence-electron chi connectivity index (χ0n) is 17.9. The lowest BCUT2D eigenvalue weighted by Gasteiger charge is -2.28. The van der Waals surface area contributed by atoms with Gasteiger partial charge in [-0.2, -0.15) is 4.68 Å². The number of aromatic nitrogens is 4. The highest BCUT2D eigenvalue weighted by molar-refractivity contribution is 8.00. The molecule has 0 saturated carbocycles. The van der Waals surface area contributed by atoms with Crippen LogP contribution in [0.15, 0.2) is 47.6 Å². The molecule has 0 radical (unpaired) electrons. The molecule has 3 aromatic rings. The normalized spacial score (nSPS) is 15.0. The summed E-state index contributed by atoms with van der Waals surface area (Å²) in [6, 6.07) is 14.0. The van der Waals surface area contributed by atoms with Gasteiger partial charge in [0.05, 0.1) is 24.2 Å². The van der Waals surface area contributed by atoms with Gasteiger partial charge in [-0.3, -0.25) is 4.79 Å². The number of nitrogens with one attached hydrogen (secondary N) is 1. The van der Waals surface area contributed by atoms with E-state index in [0.29, 0.717) is 5.16 Å². The number of benzene rings is 2. The van der Waals surface area contributed by atoms with Gasteiger partial charge in [0.15, 0.2) is 0 Å². The molecule has 4 rings (SSSR count).